The molecule has 19 heavy (non-hydrogen) atoms. The van der Waals surface area contributed by atoms with Crippen molar-refractivity contribution in [2.45, 2.75) is 25.4 Å². The molecule has 1 heterocycles. The number of fused-ring (bicyclic) bond motifs is 1. The molecule has 0 spiro atoms. The van der Waals surface area contributed by atoms with Crippen molar-refractivity contribution in [2.24, 2.45) is 0 Å². The molecular formula is C14H14FNO2S. The summed E-state index contributed by atoms with van der Waals surface area (Å²) in [5.41, 5.74) is 0.611. The van der Waals surface area contributed by atoms with Gasteiger partial charge >= 0.3 is 5.97 Å². The van der Waals surface area contributed by atoms with Gasteiger partial charge in [-0.15, -0.1) is 11.3 Å². The lowest BCUT2D eigenvalue weighted by molar-refractivity contribution is 0.0700. The van der Waals surface area contributed by atoms with E-state index in [1.54, 1.807) is 12.1 Å². The van der Waals surface area contributed by atoms with Gasteiger partial charge in [-0.1, -0.05) is 6.07 Å². The van der Waals surface area contributed by atoms with E-state index in [4.69, 9.17) is 0 Å². The number of nitrogens with zero attached hydrogens (tertiary/aromatic N) is 1. The zero-order chi connectivity index (χ0) is 13.6. The number of hydrogen-bond donors (Lipinski definition) is 1. The van der Waals surface area contributed by atoms with Gasteiger partial charge in [0.15, 0.2) is 0 Å². The van der Waals surface area contributed by atoms with Gasteiger partial charge in [0.1, 0.15) is 10.7 Å². The van der Waals surface area contributed by atoms with Gasteiger partial charge in [0, 0.05) is 28.2 Å². The third-order valence-corrected chi connectivity index (χ3v) is 4.72. The number of carboxylic acids is 1. The van der Waals surface area contributed by atoms with Crippen molar-refractivity contribution in [2.75, 3.05) is 7.05 Å². The molecule has 1 fully saturated rings. The summed E-state index contributed by atoms with van der Waals surface area (Å²) in [7, 11) is 1.97. The van der Waals surface area contributed by atoms with Crippen LogP contribution in [-0.4, -0.2) is 29.1 Å². The predicted molar refractivity (Wildman–Crippen MR) is 73.2 cm³/mol. The van der Waals surface area contributed by atoms with Crippen LogP contribution in [0, 0.1) is 5.82 Å². The Morgan fingerprint density at radius 2 is 2.26 bits per heavy atom. The molecule has 0 unspecified atom stereocenters. The molecule has 0 aliphatic heterocycles. The van der Waals surface area contributed by atoms with Crippen LogP contribution in [0.5, 0.6) is 0 Å². The Balaban J connectivity index is 2.12. The van der Waals surface area contributed by atoms with Crippen LogP contribution < -0.4 is 0 Å². The molecule has 5 heteroatoms. The first-order valence-corrected chi connectivity index (χ1v) is 7.03. The van der Waals surface area contributed by atoms with Gasteiger partial charge in [0.05, 0.1) is 0 Å². The number of hydrogen-bond acceptors (Lipinski definition) is 3. The van der Waals surface area contributed by atoms with Crippen molar-refractivity contribution >= 4 is 27.4 Å². The number of carbonyl (C=O) groups is 1. The molecule has 1 aromatic heterocycles. The first-order valence-electron chi connectivity index (χ1n) is 6.21. The lowest BCUT2D eigenvalue weighted by atomic mass is 10.1. The molecule has 0 atom stereocenters. The lowest BCUT2D eigenvalue weighted by Gasteiger charge is -2.15. The van der Waals surface area contributed by atoms with Crippen molar-refractivity contribution in [3.05, 3.63) is 34.5 Å². The fraction of sp³-hybridized carbons (Fsp3) is 0.357. The van der Waals surface area contributed by atoms with Crippen molar-refractivity contribution in [1.29, 1.82) is 0 Å². The summed E-state index contributed by atoms with van der Waals surface area (Å²) in [5.74, 6) is -1.31. The molecule has 100 valence electrons. The normalized spacial score (nSPS) is 15.3. The topological polar surface area (TPSA) is 40.5 Å². The zero-order valence-electron chi connectivity index (χ0n) is 10.5. The second-order valence-electron chi connectivity index (χ2n) is 4.97. The lowest BCUT2D eigenvalue weighted by Crippen LogP contribution is -2.21. The number of thiophene rings is 1. The first kappa shape index (κ1) is 12.6. The summed E-state index contributed by atoms with van der Waals surface area (Å²) >= 11 is 1.15. The molecule has 0 saturated heterocycles. The van der Waals surface area contributed by atoms with Crippen LogP contribution in [0.2, 0.25) is 0 Å². The highest BCUT2D eigenvalue weighted by molar-refractivity contribution is 7.21. The van der Waals surface area contributed by atoms with Crippen molar-refractivity contribution in [3.63, 3.8) is 0 Å². The average molecular weight is 279 g/mol. The van der Waals surface area contributed by atoms with Crippen LogP contribution in [0.1, 0.15) is 28.1 Å². The average Bonchev–Trinajstić information content (AvgIpc) is 3.13. The highest BCUT2D eigenvalue weighted by Crippen LogP contribution is 2.36. The van der Waals surface area contributed by atoms with Gasteiger partial charge in [-0.2, -0.15) is 0 Å². The van der Waals surface area contributed by atoms with E-state index in [0.29, 0.717) is 28.2 Å². The fourth-order valence-electron chi connectivity index (χ4n) is 2.38. The van der Waals surface area contributed by atoms with Crippen LogP contribution in [0.3, 0.4) is 0 Å². The van der Waals surface area contributed by atoms with E-state index in [1.165, 1.54) is 6.07 Å². The van der Waals surface area contributed by atoms with Crippen molar-refractivity contribution in [1.82, 2.24) is 4.90 Å². The standard InChI is InChI=1S/C14H14FNO2S/c1-16(8-5-6-8)7-9-12-10(15)3-2-4-11(12)19-13(9)14(17)18/h2-4,8H,5-7H2,1H3,(H,17,18). The molecule has 0 bridgehead atoms. The molecule has 0 radical (unpaired) electrons. The second-order valence-corrected chi connectivity index (χ2v) is 6.03. The minimum atomic E-state index is -0.972. The van der Waals surface area contributed by atoms with Crippen LogP contribution in [0.15, 0.2) is 18.2 Å². The number of benzene rings is 1. The number of halogens is 1. The highest BCUT2D eigenvalue weighted by Gasteiger charge is 2.29. The molecule has 1 saturated carbocycles. The second kappa shape index (κ2) is 4.58. The van der Waals surface area contributed by atoms with Crippen LogP contribution in [-0.2, 0) is 6.54 Å². The molecule has 1 aromatic carbocycles. The smallest absolute Gasteiger partial charge is 0.346 e. The van der Waals surface area contributed by atoms with Gasteiger partial charge < -0.3 is 5.11 Å². The van der Waals surface area contributed by atoms with Gasteiger partial charge in [-0.25, -0.2) is 9.18 Å². The summed E-state index contributed by atoms with van der Waals surface area (Å²) in [4.78, 5) is 13.7. The third-order valence-electron chi connectivity index (χ3n) is 3.54. The Morgan fingerprint density at radius 3 is 2.89 bits per heavy atom. The van der Waals surface area contributed by atoms with Crippen molar-refractivity contribution in [3.8, 4) is 0 Å². The summed E-state index contributed by atoms with van der Waals surface area (Å²) < 4.78 is 14.7. The van der Waals surface area contributed by atoms with Gasteiger partial charge in [-0.05, 0) is 32.0 Å². The monoisotopic (exact) mass is 279 g/mol. The third kappa shape index (κ3) is 2.24. The summed E-state index contributed by atoms with van der Waals surface area (Å²) in [6.07, 6.45) is 2.28. The number of aromatic carboxylic acids is 1. The Bertz CT molecular complexity index is 648. The van der Waals surface area contributed by atoms with Crippen molar-refractivity contribution < 1.29 is 14.3 Å². The van der Waals surface area contributed by atoms with E-state index in [0.717, 1.165) is 24.2 Å². The van der Waals surface area contributed by atoms with Gasteiger partial charge in [-0.3, -0.25) is 4.90 Å². The number of rotatable bonds is 4. The van der Waals surface area contributed by atoms with E-state index in [-0.39, 0.29) is 10.7 Å². The molecule has 2 aromatic rings. The predicted octanol–water partition coefficient (Wildman–Crippen LogP) is 3.33. The molecule has 3 rings (SSSR count). The maximum atomic E-state index is 14.0. The fourth-order valence-corrected chi connectivity index (χ4v) is 3.45. The van der Waals surface area contributed by atoms with E-state index < -0.39 is 5.97 Å². The van der Waals surface area contributed by atoms with Crippen LogP contribution in [0.4, 0.5) is 4.39 Å². The summed E-state index contributed by atoms with van der Waals surface area (Å²) in [6.45, 7) is 0.493. The minimum absolute atomic E-state index is 0.257. The quantitative estimate of drug-likeness (QED) is 0.933. The van der Waals surface area contributed by atoms with E-state index in [2.05, 4.69) is 4.90 Å². The van der Waals surface area contributed by atoms with Crippen LogP contribution in [0.25, 0.3) is 10.1 Å². The zero-order valence-corrected chi connectivity index (χ0v) is 11.3. The highest BCUT2D eigenvalue weighted by atomic mass is 32.1. The number of carboxylic acid groups (broad SMARTS) is 1. The van der Waals surface area contributed by atoms with E-state index in [9.17, 15) is 14.3 Å². The Hall–Kier alpha value is -1.46. The molecule has 0 amide bonds. The molecule has 1 aliphatic rings. The van der Waals surface area contributed by atoms with Gasteiger partial charge in [0.2, 0.25) is 0 Å². The Labute approximate surface area is 114 Å². The molecule has 3 nitrogen and oxygen atoms in total. The maximum Gasteiger partial charge on any atom is 0.346 e. The molecule has 1 N–H and O–H groups in total. The Morgan fingerprint density at radius 1 is 1.53 bits per heavy atom. The molecule has 1 aliphatic carbocycles. The van der Waals surface area contributed by atoms with E-state index >= 15 is 0 Å². The van der Waals surface area contributed by atoms with Crippen LogP contribution >= 0.6 is 11.3 Å². The summed E-state index contributed by atoms with van der Waals surface area (Å²) in [6, 6.07) is 5.30. The maximum absolute atomic E-state index is 14.0. The van der Waals surface area contributed by atoms with Gasteiger partial charge in [0.25, 0.3) is 0 Å². The largest absolute Gasteiger partial charge is 0.477 e. The Kier molecular flexibility index (Phi) is 3.03. The van der Waals surface area contributed by atoms with E-state index in [1.807, 2.05) is 7.05 Å². The first-order chi connectivity index (χ1) is 9.08. The SMILES string of the molecule is CN(Cc1c(C(=O)O)sc2cccc(F)c12)C1CC1. The summed E-state index contributed by atoms with van der Waals surface area (Å²) in [5, 5.41) is 9.76. The molecular weight excluding hydrogens is 265 g/mol. The minimum Gasteiger partial charge on any atom is -0.477 e.